The Morgan fingerprint density at radius 2 is 1.94 bits per heavy atom. The standard InChI is InChI=1S/C12H21N3O2/c1-3-4-5-6-7-10(2)15-12(17)11(16)14-9-8-13/h10H,3-7,9H2,1-2H3,(H,14,16)(H,15,17). The molecule has 0 aromatic heterocycles. The molecule has 0 aliphatic heterocycles. The second kappa shape index (κ2) is 9.64. The van der Waals surface area contributed by atoms with Crippen molar-refractivity contribution in [2.45, 2.75) is 52.0 Å². The number of unbranched alkanes of at least 4 members (excludes halogenated alkanes) is 3. The lowest BCUT2D eigenvalue weighted by Gasteiger charge is -2.12. The van der Waals surface area contributed by atoms with E-state index in [0.29, 0.717) is 0 Å². The molecule has 2 amide bonds. The first-order valence-corrected chi connectivity index (χ1v) is 6.07. The van der Waals surface area contributed by atoms with Gasteiger partial charge in [0.05, 0.1) is 6.07 Å². The molecule has 1 unspecified atom stereocenters. The van der Waals surface area contributed by atoms with Crippen LogP contribution in [0.5, 0.6) is 0 Å². The number of rotatable bonds is 7. The van der Waals surface area contributed by atoms with Gasteiger partial charge in [0.1, 0.15) is 6.54 Å². The van der Waals surface area contributed by atoms with Crippen LogP contribution in [-0.4, -0.2) is 24.4 Å². The van der Waals surface area contributed by atoms with Crippen molar-refractivity contribution in [1.82, 2.24) is 10.6 Å². The molecule has 0 saturated carbocycles. The molecule has 0 spiro atoms. The van der Waals surface area contributed by atoms with E-state index in [1.807, 2.05) is 6.92 Å². The Bertz CT molecular complexity index is 284. The SMILES string of the molecule is CCCCCCC(C)NC(=O)C(=O)NCC#N. The monoisotopic (exact) mass is 239 g/mol. The highest BCUT2D eigenvalue weighted by Gasteiger charge is 2.14. The zero-order chi connectivity index (χ0) is 13.1. The summed E-state index contributed by atoms with van der Waals surface area (Å²) in [5, 5.41) is 13.1. The highest BCUT2D eigenvalue weighted by molar-refractivity contribution is 6.35. The Kier molecular flexibility index (Phi) is 8.75. The molecule has 0 aromatic rings. The molecule has 5 nitrogen and oxygen atoms in total. The van der Waals surface area contributed by atoms with Crippen LogP contribution in [0.25, 0.3) is 0 Å². The van der Waals surface area contributed by atoms with E-state index < -0.39 is 11.8 Å². The molecule has 0 aliphatic carbocycles. The summed E-state index contributed by atoms with van der Waals surface area (Å²) >= 11 is 0. The molecule has 0 bridgehead atoms. The Hall–Kier alpha value is -1.57. The van der Waals surface area contributed by atoms with Gasteiger partial charge in [0, 0.05) is 6.04 Å². The van der Waals surface area contributed by atoms with Crippen LogP contribution in [0.4, 0.5) is 0 Å². The van der Waals surface area contributed by atoms with Gasteiger partial charge in [-0.15, -0.1) is 0 Å². The molecule has 0 rings (SSSR count). The first-order chi connectivity index (χ1) is 8.11. The fraction of sp³-hybridized carbons (Fsp3) is 0.750. The van der Waals surface area contributed by atoms with Crippen LogP contribution >= 0.6 is 0 Å². The molecule has 0 heterocycles. The molecule has 5 heteroatoms. The minimum absolute atomic E-state index is 0.00723. The lowest BCUT2D eigenvalue weighted by molar-refractivity contribution is -0.139. The number of hydrogen-bond acceptors (Lipinski definition) is 3. The van der Waals surface area contributed by atoms with Crippen molar-refractivity contribution in [1.29, 1.82) is 5.26 Å². The molecule has 0 radical (unpaired) electrons. The van der Waals surface area contributed by atoms with Gasteiger partial charge in [-0.25, -0.2) is 0 Å². The molecule has 0 aliphatic rings. The molecule has 0 saturated heterocycles. The van der Waals surface area contributed by atoms with Crippen molar-refractivity contribution in [2.24, 2.45) is 0 Å². The van der Waals surface area contributed by atoms with Gasteiger partial charge in [0.15, 0.2) is 0 Å². The van der Waals surface area contributed by atoms with Crippen LogP contribution in [0.3, 0.4) is 0 Å². The second-order valence-electron chi connectivity index (χ2n) is 4.06. The van der Waals surface area contributed by atoms with Crippen LogP contribution in [-0.2, 0) is 9.59 Å². The topological polar surface area (TPSA) is 82.0 Å². The Labute approximate surface area is 103 Å². The zero-order valence-electron chi connectivity index (χ0n) is 10.6. The number of nitrogens with zero attached hydrogens (tertiary/aromatic N) is 1. The van der Waals surface area contributed by atoms with Gasteiger partial charge in [-0.05, 0) is 13.3 Å². The number of carbonyl (C=O) groups is 2. The van der Waals surface area contributed by atoms with Crippen LogP contribution in [0.1, 0.15) is 46.0 Å². The molecule has 1 atom stereocenters. The Morgan fingerprint density at radius 3 is 2.53 bits per heavy atom. The number of amides is 2. The zero-order valence-corrected chi connectivity index (χ0v) is 10.6. The van der Waals surface area contributed by atoms with Crippen molar-refractivity contribution < 1.29 is 9.59 Å². The summed E-state index contributed by atoms with van der Waals surface area (Å²) in [5.41, 5.74) is 0. The number of nitrogens with one attached hydrogen (secondary N) is 2. The van der Waals surface area contributed by atoms with E-state index in [4.69, 9.17) is 5.26 Å². The highest BCUT2D eigenvalue weighted by atomic mass is 16.2. The minimum atomic E-state index is -0.744. The second-order valence-corrected chi connectivity index (χ2v) is 4.06. The van der Waals surface area contributed by atoms with E-state index in [1.165, 1.54) is 12.8 Å². The van der Waals surface area contributed by atoms with Crippen LogP contribution in [0.2, 0.25) is 0 Å². The quantitative estimate of drug-likeness (QED) is 0.396. The van der Waals surface area contributed by atoms with Crippen LogP contribution < -0.4 is 10.6 Å². The van der Waals surface area contributed by atoms with E-state index in [-0.39, 0.29) is 12.6 Å². The maximum absolute atomic E-state index is 11.3. The molecule has 2 N–H and O–H groups in total. The predicted octanol–water partition coefficient (Wildman–Crippen LogP) is 1.10. The molecule has 17 heavy (non-hydrogen) atoms. The third-order valence-corrected chi connectivity index (χ3v) is 2.40. The summed E-state index contributed by atoms with van der Waals surface area (Å²) in [6, 6.07) is 1.74. The summed E-state index contributed by atoms with van der Waals surface area (Å²) in [6.07, 6.45) is 5.45. The normalized spacial score (nSPS) is 11.4. The Balaban J connectivity index is 3.72. The van der Waals surface area contributed by atoms with Crippen molar-refractivity contribution >= 4 is 11.8 Å². The van der Waals surface area contributed by atoms with E-state index >= 15 is 0 Å². The average molecular weight is 239 g/mol. The van der Waals surface area contributed by atoms with Gasteiger partial charge in [0.2, 0.25) is 0 Å². The van der Waals surface area contributed by atoms with E-state index in [0.717, 1.165) is 19.3 Å². The Morgan fingerprint density at radius 1 is 1.24 bits per heavy atom. The third kappa shape index (κ3) is 8.26. The van der Waals surface area contributed by atoms with Gasteiger partial charge in [0.25, 0.3) is 0 Å². The largest absolute Gasteiger partial charge is 0.345 e. The van der Waals surface area contributed by atoms with E-state index in [2.05, 4.69) is 17.6 Å². The molecular weight excluding hydrogens is 218 g/mol. The number of nitriles is 1. The number of carbonyl (C=O) groups excluding carboxylic acids is 2. The maximum atomic E-state index is 11.3. The lowest BCUT2D eigenvalue weighted by atomic mass is 10.1. The predicted molar refractivity (Wildman–Crippen MR) is 65.0 cm³/mol. The minimum Gasteiger partial charge on any atom is -0.345 e. The van der Waals surface area contributed by atoms with Crippen molar-refractivity contribution in [3.63, 3.8) is 0 Å². The van der Waals surface area contributed by atoms with Gasteiger partial charge in [-0.2, -0.15) is 5.26 Å². The van der Waals surface area contributed by atoms with Gasteiger partial charge < -0.3 is 10.6 Å². The van der Waals surface area contributed by atoms with Crippen molar-refractivity contribution in [2.75, 3.05) is 6.54 Å². The van der Waals surface area contributed by atoms with Gasteiger partial charge in [-0.1, -0.05) is 32.6 Å². The van der Waals surface area contributed by atoms with Crippen LogP contribution in [0, 0.1) is 11.3 Å². The summed E-state index contributed by atoms with van der Waals surface area (Å²) in [6.45, 7) is 3.88. The molecule has 0 fully saturated rings. The molecule has 96 valence electrons. The fourth-order valence-electron chi connectivity index (χ4n) is 1.44. The summed E-state index contributed by atoms with van der Waals surface area (Å²) in [7, 11) is 0. The molecule has 0 aromatic carbocycles. The summed E-state index contributed by atoms with van der Waals surface area (Å²) in [5.74, 6) is -1.41. The highest BCUT2D eigenvalue weighted by Crippen LogP contribution is 2.04. The van der Waals surface area contributed by atoms with Crippen molar-refractivity contribution in [3.8, 4) is 6.07 Å². The third-order valence-electron chi connectivity index (χ3n) is 2.40. The fourth-order valence-corrected chi connectivity index (χ4v) is 1.44. The average Bonchev–Trinajstić information content (AvgIpc) is 2.31. The maximum Gasteiger partial charge on any atom is 0.310 e. The molecular formula is C12H21N3O2. The number of hydrogen-bond donors (Lipinski definition) is 2. The van der Waals surface area contributed by atoms with E-state index in [9.17, 15) is 9.59 Å². The first kappa shape index (κ1) is 15.4. The summed E-state index contributed by atoms with van der Waals surface area (Å²) in [4.78, 5) is 22.5. The lowest BCUT2D eigenvalue weighted by Crippen LogP contribution is -2.43. The van der Waals surface area contributed by atoms with Crippen molar-refractivity contribution in [3.05, 3.63) is 0 Å². The smallest absolute Gasteiger partial charge is 0.310 e. The van der Waals surface area contributed by atoms with E-state index in [1.54, 1.807) is 6.07 Å². The van der Waals surface area contributed by atoms with Crippen LogP contribution in [0.15, 0.2) is 0 Å². The van der Waals surface area contributed by atoms with Gasteiger partial charge >= 0.3 is 11.8 Å². The van der Waals surface area contributed by atoms with Gasteiger partial charge in [-0.3, -0.25) is 9.59 Å². The summed E-state index contributed by atoms with van der Waals surface area (Å²) < 4.78 is 0. The first-order valence-electron chi connectivity index (χ1n) is 6.07.